The Morgan fingerprint density at radius 2 is 2.06 bits per heavy atom. The van der Waals surface area contributed by atoms with E-state index in [0.29, 0.717) is 6.54 Å². The van der Waals surface area contributed by atoms with Crippen LogP contribution in [0.4, 0.5) is 5.69 Å². The van der Waals surface area contributed by atoms with E-state index in [1.54, 1.807) is 0 Å². The number of piperazine rings is 1. The van der Waals surface area contributed by atoms with Crippen LogP contribution in [0.3, 0.4) is 0 Å². The third-order valence-electron chi connectivity index (χ3n) is 3.39. The quantitative estimate of drug-likeness (QED) is 0.835. The lowest BCUT2D eigenvalue weighted by atomic mass is 10.1. The maximum absolute atomic E-state index is 11.2. The number of carboxylic acids is 1. The predicted octanol–water partition coefficient (Wildman–Crippen LogP) is 1.20. The van der Waals surface area contributed by atoms with Crippen molar-refractivity contribution in [3.63, 3.8) is 0 Å². The Morgan fingerprint density at radius 3 is 2.71 bits per heavy atom. The molecule has 0 spiro atoms. The van der Waals surface area contributed by atoms with Crippen LogP contribution in [-0.2, 0) is 4.79 Å². The second kappa shape index (κ2) is 4.75. The number of benzene rings is 1. The van der Waals surface area contributed by atoms with E-state index in [1.807, 2.05) is 24.1 Å². The van der Waals surface area contributed by atoms with Crippen molar-refractivity contribution >= 4 is 11.7 Å². The highest BCUT2D eigenvalue weighted by molar-refractivity contribution is 5.75. The second-order valence-corrected chi connectivity index (χ2v) is 4.57. The van der Waals surface area contributed by atoms with Crippen LogP contribution < -0.4 is 4.90 Å². The van der Waals surface area contributed by atoms with Gasteiger partial charge in [0, 0.05) is 25.3 Å². The number of hydrogen-bond donors (Lipinski definition) is 1. The van der Waals surface area contributed by atoms with Gasteiger partial charge in [-0.2, -0.15) is 0 Å². The van der Waals surface area contributed by atoms with Gasteiger partial charge in [-0.05, 0) is 25.6 Å². The molecule has 0 saturated carbocycles. The van der Waals surface area contributed by atoms with E-state index in [-0.39, 0.29) is 0 Å². The highest BCUT2D eigenvalue weighted by Gasteiger charge is 2.30. The fraction of sp³-hybridized carbons (Fsp3) is 0.462. The molecule has 0 bridgehead atoms. The van der Waals surface area contributed by atoms with Crippen molar-refractivity contribution in [1.29, 1.82) is 0 Å². The van der Waals surface area contributed by atoms with Crippen molar-refractivity contribution in [1.82, 2.24) is 4.90 Å². The smallest absolute Gasteiger partial charge is 0.322 e. The highest BCUT2D eigenvalue weighted by atomic mass is 16.4. The van der Waals surface area contributed by atoms with Crippen LogP contribution in [0, 0.1) is 6.92 Å². The number of aryl methyl sites for hydroxylation is 1. The molecule has 0 aliphatic carbocycles. The van der Waals surface area contributed by atoms with Crippen LogP contribution in [0.1, 0.15) is 5.56 Å². The Kier molecular flexibility index (Phi) is 3.33. The number of carboxylic acid groups (broad SMARTS) is 1. The number of para-hydroxylation sites is 1. The Morgan fingerprint density at radius 1 is 1.35 bits per heavy atom. The van der Waals surface area contributed by atoms with Crippen molar-refractivity contribution in [2.45, 2.75) is 13.0 Å². The monoisotopic (exact) mass is 234 g/mol. The number of anilines is 1. The minimum Gasteiger partial charge on any atom is -0.480 e. The molecule has 1 fully saturated rings. The number of hydrogen-bond acceptors (Lipinski definition) is 3. The maximum atomic E-state index is 11.2. The molecule has 1 aromatic carbocycles. The molecule has 0 aromatic heterocycles. The van der Waals surface area contributed by atoms with Crippen LogP contribution in [-0.4, -0.2) is 48.7 Å². The van der Waals surface area contributed by atoms with Crippen molar-refractivity contribution < 1.29 is 9.90 Å². The number of carbonyl (C=O) groups is 1. The zero-order chi connectivity index (χ0) is 12.4. The Hall–Kier alpha value is -1.55. The first-order valence-electron chi connectivity index (χ1n) is 5.83. The lowest BCUT2D eigenvalue weighted by Crippen LogP contribution is -2.55. The van der Waals surface area contributed by atoms with E-state index in [1.165, 1.54) is 5.56 Å². The summed E-state index contributed by atoms with van der Waals surface area (Å²) >= 11 is 0. The van der Waals surface area contributed by atoms with Gasteiger partial charge in [-0.3, -0.25) is 9.69 Å². The third kappa shape index (κ3) is 2.42. The summed E-state index contributed by atoms with van der Waals surface area (Å²) in [5.41, 5.74) is 2.34. The number of rotatable bonds is 2. The van der Waals surface area contributed by atoms with E-state index in [9.17, 15) is 9.90 Å². The van der Waals surface area contributed by atoms with Gasteiger partial charge in [-0.1, -0.05) is 18.2 Å². The number of aliphatic carboxylic acids is 1. The van der Waals surface area contributed by atoms with Gasteiger partial charge < -0.3 is 10.0 Å². The molecule has 0 radical (unpaired) electrons. The standard InChI is InChI=1S/C13H18N2O2/c1-10-5-3-4-6-11(10)15-8-7-14(2)12(9-15)13(16)17/h3-6,12H,7-9H2,1-2H3,(H,16,17). The van der Waals surface area contributed by atoms with E-state index >= 15 is 0 Å². The summed E-state index contributed by atoms with van der Waals surface area (Å²) in [5, 5.41) is 9.17. The lowest BCUT2D eigenvalue weighted by molar-refractivity contribution is -0.142. The molecule has 1 saturated heterocycles. The molecule has 1 aliphatic rings. The van der Waals surface area contributed by atoms with Gasteiger partial charge in [0.2, 0.25) is 0 Å². The average Bonchev–Trinajstić information content (AvgIpc) is 2.30. The summed E-state index contributed by atoms with van der Waals surface area (Å²) < 4.78 is 0. The van der Waals surface area contributed by atoms with Gasteiger partial charge in [0.15, 0.2) is 0 Å². The van der Waals surface area contributed by atoms with Gasteiger partial charge in [0.1, 0.15) is 6.04 Å². The van der Waals surface area contributed by atoms with Crippen molar-refractivity contribution in [3.05, 3.63) is 29.8 Å². The lowest BCUT2D eigenvalue weighted by Gasteiger charge is -2.39. The van der Waals surface area contributed by atoms with Crippen molar-refractivity contribution in [3.8, 4) is 0 Å². The average molecular weight is 234 g/mol. The molecule has 1 aromatic rings. The number of likely N-dealkylation sites (N-methyl/N-ethyl adjacent to an activating group) is 1. The number of nitrogens with zero attached hydrogens (tertiary/aromatic N) is 2. The van der Waals surface area contributed by atoms with Gasteiger partial charge in [-0.25, -0.2) is 0 Å². The van der Waals surface area contributed by atoms with Gasteiger partial charge in [-0.15, -0.1) is 0 Å². The maximum Gasteiger partial charge on any atom is 0.322 e. The summed E-state index contributed by atoms with van der Waals surface area (Å²) in [7, 11) is 1.87. The van der Waals surface area contributed by atoms with Crippen molar-refractivity contribution in [2.75, 3.05) is 31.6 Å². The largest absolute Gasteiger partial charge is 0.480 e. The molecule has 0 amide bonds. The minimum absolute atomic E-state index is 0.414. The molecule has 1 N–H and O–H groups in total. The third-order valence-corrected chi connectivity index (χ3v) is 3.39. The molecule has 17 heavy (non-hydrogen) atoms. The van der Waals surface area contributed by atoms with Gasteiger partial charge in [0.25, 0.3) is 0 Å². The first-order chi connectivity index (χ1) is 8.09. The van der Waals surface area contributed by atoms with E-state index in [4.69, 9.17) is 0 Å². The zero-order valence-corrected chi connectivity index (χ0v) is 10.3. The minimum atomic E-state index is -0.745. The fourth-order valence-corrected chi connectivity index (χ4v) is 2.28. The van der Waals surface area contributed by atoms with Crippen LogP contribution in [0.2, 0.25) is 0 Å². The summed E-state index contributed by atoms with van der Waals surface area (Å²) in [5.74, 6) is -0.745. The molecular weight excluding hydrogens is 216 g/mol. The van der Waals surface area contributed by atoms with Gasteiger partial charge in [0.05, 0.1) is 0 Å². The van der Waals surface area contributed by atoms with Crippen LogP contribution in [0.5, 0.6) is 0 Å². The normalized spacial score (nSPS) is 21.5. The molecule has 92 valence electrons. The van der Waals surface area contributed by atoms with Crippen molar-refractivity contribution in [2.24, 2.45) is 0 Å². The Labute approximate surface area is 101 Å². The molecule has 1 unspecified atom stereocenters. The molecule has 2 rings (SSSR count). The molecule has 4 heteroatoms. The fourth-order valence-electron chi connectivity index (χ4n) is 2.28. The zero-order valence-electron chi connectivity index (χ0n) is 10.3. The summed E-state index contributed by atoms with van der Waals surface area (Å²) in [4.78, 5) is 15.2. The topological polar surface area (TPSA) is 43.8 Å². The van der Waals surface area contributed by atoms with E-state index in [2.05, 4.69) is 24.0 Å². The molecule has 1 aliphatic heterocycles. The SMILES string of the molecule is Cc1ccccc1N1CCN(C)C(C(=O)O)C1. The Bertz CT molecular complexity index is 420. The Balaban J connectivity index is 2.19. The summed E-state index contributed by atoms with van der Waals surface area (Å²) in [6.07, 6.45) is 0. The molecule has 1 atom stereocenters. The van der Waals surface area contributed by atoms with Crippen LogP contribution in [0.25, 0.3) is 0 Å². The molecular formula is C13H18N2O2. The summed E-state index contributed by atoms with van der Waals surface area (Å²) in [6.45, 7) is 4.27. The van der Waals surface area contributed by atoms with Crippen LogP contribution in [0.15, 0.2) is 24.3 Å². The van der Waals surface area contributed by atoms with Gasteiger partial charge >= 0.3 is 5.97 Å². The van der Waals surface area contributed by atoms with E-state index in [0.717, 1.165) is 18.8 Å². The summed E-state index contributed by atoms with van der Waals surface area (Å²) in [6, 6.07) is 7.70. The predicted molar refractivity (Wildman–Crippen MR) is 67.4 cm³/mol. The van der Waals surface area contributed by atoms with Crippen LogP contribution >= 0.6 is 0 Å². The molecule has 4 nitrogen and oxygen atoms in total. The molecule has 1 heterocycles. The highest BCUT2D eigenvalue weighted by Crippen LogP contribution is 2.22. The van der Waals surface area contributed by atoms with E-state index < -0.39 is 12.0 Å². The second-order valence-electron chi connectivity index (χ2n) is 4.57. The first kappa shape index (κ1) is 11.9. The first-order valence-corrected chi connectivity index (χ1v) is 5.83.